The van der Waals surface area contributed by atoms with E-state index in [4.69, 9.17) is 0 Å². The van der Waals surface area contributed by atoms with Crippen molar-refractivity contribution in [2.75, 3.05) is 12.8 Å². The van der Waals surface area contributed by atoms with Gasteiger partial charge in [-0.1, -0.05) is 24.6 Å². The van der Waals surface area contributed by atoms with Crippen molar-refractivity contribution in [3.05, 3.63) is 35.1 Å². The highest BCUT2D eigenvalue weighted by atomic mass is 32.2. The van der Waals surface area contributed by atoms with Gasteiger partial charge in [0.1, 0.15) is 5.82 Å². The van der Waals surface area contributed by atoms with Crippen LogP contribution in [0.25, 0.3) is 0 Å². The fraction of sp³-hybridized carbons (Fsp3) is 0.538. The van der Waals surface area contributed by atoms with Crippen molar-refractivity contribution in [2.24, 2.45) is 0 Å². The van der Waals surface area contributed by atoms with Crippen molar-refractivity contribution in [3.8, 4) is 0 Å². The summed E-state index contributed by atoms with van der Waals surface area (Å²) in [6, 6.07) is 5.24. The molecule has 3 heteroatoms. The lowest BCUT2D eigenvalue weighted by molar-refractivity contribution is 0.581. The second kappa shape index (κ2) is 6.92. The van der Waals surface area contributed by atoms with Crippen molar-refractivity contribution in [1.82, 2.24) is 5.32 Å². The summed E-state index contributed by atoms with van der Waals surface area (Å²) in [6.07, 6.45) is 3.24. The highest BCUT2D eigenvalue weighted by molar-refractivity contribution is 7.99. The molecule has 1 aromatic carbocycles. The average Bonchev–Trinajstić information content (AvgIpc) is 2.28. The first-order valence-corrected chi connectivity index (χ1v) is 6.91. The predicted octanol–water partition coefficient (Wildman–Crippen LogP) is 3.37. The Morgan fingerprint density at radius 1 is 1.44 bits per heavy atom. The van der Waals surface area contributed by atoms with Gasteiger partial charge in [-0.2, -0.15) is 11.8 Å². The van der Waals surface area contributed by atoms with E-state index >= 15 is 0 Å². The second-order valence-corrected chi connectivity index (χ2v) is 5.38. The first kappa shape index (κ1) is 13.5. The lowest BCUT2D eigenvalue weighted by atomic mass is 10.1. The summed E-state index contributed by atoms with van der Waals surface area (Å²) in [7, 11) is 0. The lowest BCUT2D eigenvalue weighted by Crippen LogP contribution is -2.18. The van der Waals surface area contributed by atoms with Crippen LogP contribution in [0.5, 0.6) is 0 Å². The Bertz CT molecular complexity index is 328. The van der Waals surface area contributed by atoms with Gasteiger partial charge in [0.05, 0.1) is 0 Å². The Kier molecular flexibility index (Phi) is 5.85. The van der Waals surface area contributed by atoms with Crippen LogP contribution in [0.4, 0.5) is 4.39 Å². The Balaban J connectivity index is 2.34. The van der Waals surface area contributed by atoms with E-state index in [1.54, 1.807) is 6.07 Å². The zero-order valence-electron chi connectivity index (χ0n) is 10.2. The van der Waals surface area contributed by atoms with Gasteiger partial charge < -0.3 is 5.32 Å². The van der Waals surface area contributed by atoms with E-state index in [-0.39, 0.29) is 5.82 Å². The third-order valence-corrected chi connectivity index (χ3v) is 3.69. The molecule has 1 nitrogen and oxygen atoms in total. The lowest BCUT2D eigenvalue weighted by Gasteiger charge is -2.10. The minimum absolute atomic E-state index is 0.115. The minimum atomic E-state index is -0.115. The van der Waals surface area contributed by atoms with Gasteiger partial charge in [-0.25, -0.2) is 4.39 Å². The molecule has 1 rings (SSSR count). The van der Waals surface area contributed by atoms with Crippen LogP contribution in [-0.4, -0.2) is 18.1 Å². The molecule has 0 saturated heterocycles. The highest BCUT2D eigenvalue weighted by Gasteiger charge is 2.02. The molecule has 0 radical (unpaired) electrons. The molecule has 1 N–H and O–H groups in total. The molecule has 0 aromatic heterocycles. The highest BCUT2D eigenvalue weighted by Crippen LogP contribution is 2.11. The fourth-order valence-electron chi connectivity index (χ4n) is 1.49. The van der Waals surface area contributed by atoms with Gasteiger partial charge in [0.25, 0.3) is 0 Å². The molecule has 1 aromatic rings. The number of rotatable bonds is 6. The van der Waals surface area contributed by atoms with Crippen LogP contribution in [0, 0.1) is 12.7 Å². The normalized spacial score (nSPS) is 12.8. The molecular weight excluding hydrogens is 221 g/mol. The number of aryl methyl sites for hydroxylation is 1. The maximum absolute atomic E-state index is 13.4. The van der Waals surface area contributed by atoms with E-state index in [1.165, 1.54) is 6.07 Å². The number of benzene rings is 1. The summed E-state index contributed by atoms with van der Waals surface area (Å²) in [4.78, 5) is 0. The SMILES string of the molecule is CSC(C)CCNCc1cc(C)ccc1F. The van der Waals surface area contributed by atoms with Crippen LogP contribution < -0.4 is 5.32 Å². The van der Waals surface area contributed by atoms with Crippen molar-refractivity contribution in [1.29, 1.82) is 0 Å². The van der Waals surface area contributed by atoms with E-state index < -0.39 is 0 Å². The Hall–Kier alpha value is -0.540. The van der Waals surface area contributed by atoms with Crippen molar-refractivity contribution >= 4 is 11.8 Å². The van der Waals surface area contributed by atoms with Gasteiger partial charge >= 0.3 is 0 Å². The van der Waals surface area contributed by atoms with Gasteiger partial charge in [0, 0.05) is 17.4 Å². The minimum Gasteiger partial charge on any atom is -0.313 e. The van der Waals surface area contributed by atoms with Crippen LogP contribution in [0.15, 0.2) is 18.2 Å². The van der Waals surface area contributed by atoms with Gasteiger partial charge in [-0.05, 0) is 32.2 Å². The van der Waals surface area contributed by atoms with Crippen LogP contribution in [0.2, 0.25) is 0 Å². The molecule has 0 saturated carbocycles. The van der Waals surface area contributed by atoms with E-state index in [2.05, 4.69) is 18.5 Å². The Labute approximate surface area is 102 Å². The molecule has 16 heavy (non-hydrogen) atoms. The quantitative estimate of drug-likeness (QED) is 0.766. The molecule has 0 fully saturated rings. The van der Waals surface area contributed by atoms with Gasteiger partial charge in [-0.15, -0.1) is 0 Å². The molecule has 0 aliphatic heterocycles. The molecule has 0 heterocycles. The second-order valence-electron chi connectivity index (χ2n) is 4.11. The predicted molar refractivity (Wildman–Crippen MR) is 70.4 cm³/mol. The van der Waals surface area contributed by atoms with Crippen LogP contribution in [0.1, 0.15) is 24.5 Å². The van der Waals surface area contributed by atoms with Crippen molar-refractivity contribution in [2.45, 2.75) is 32.1 Å². The monoisotopic (exact) mass is 241 g/mol. The van der Waals surface area contributed by atoms with Gasteiger partial charge in [-0.3, -0.25) is 0 Å². The summed E-state index contributed by atoms with van der Waals surface area (Å²) in [5, 5.41) is 3.94. The number of halogens is 1. The maximum atomic E-state index is 13.4. The van der Waals surface area contributed by atoms with Gasteiger partial charge in [0.15, 0.2) is 0 Å². The molecule has 0 bridgehead atoms. The maximum Gasteiger partial charge on any atom is 0.127 e. The van der Waals surface area contributed by atoms with E-state index in [0.29, 0.717) is 11.8 Å². The van der Waals surface area contributed by atoms with E-state index in [9.17, 15) is 4.39 Å². The van der Waals surface area contributed by atoms with E-state index in [0.717, 1.165) is 24.1 Å². The zero-order chi connectivity index (χ0) is 12.0. The first-order valence-electron chi connectivity index (χ1n) is 5.62. The Morgan fingerprint density at radius 3 is 2.88 bits per heavy atom. The van der Waals surface area contributed by atoms with Crippen LogP contribution in [0.3, 0.4) is 0 Å². The number of thioether (sulfide) groups is 1. The summed E-state index contributed by atoms with van der Waals surface area (Å²) >= 11 is 1.86. The Morgan fingerprint density at radius 2 is 2.19 bits per heavy atom. The number of hydrogen-bond acceptors (Lipinski definition) is 2. The molecule has 1 atom stereocenters. The molecular formula is C13H20FNS. The summed E-state index contributed by atoms with van der Waals surface area (Å²) in [5.41, 5.74) is 1.87. The smallest absolute Gasteiger partial charge is 0.127 e. The molecule has 0 aliphatic carbocycles. The summed E-state index contributed by atoms with van der Waals surface area (Å²) in [6.45, 7) is 5.75. The number of hydrogen-bond donors (Lipinski definition) is 1. The average molecular weight is 241 g/mol. The fourth-order valence-corrected chi connectivity index (χ4v) is 1.84. The molecule has 0 spiro atoms. The molecule has 0 aliphatic rings. The van der Waals surface area contributed by atoms with Crippen molar-refractivity contribution in [3.63, 3.8) is 0 Å². The topological polar surface area (TPSA) is 12.0 Å². The number of nitrogens with one attached hydrogen (secondary N) is 1. The van der Waals surface area contributed by atoms with E-state index in [1.807, 2.05) is 24.8 Å². The van der Waals surface area contributed by atoms with Gasteiger partial charge in [0.2, 0.25) is 0 Å². The molecule has 90 valence electrons. The van der Waals surface area contributed by atoms with Crippen LogP contribution >= 0.6 is 11.8 Å². The standard InChI is InChI=1S/C13H20FNS/c1-10-4-5-13(14)12(8-10)9-15-7-6-11(2)16-3/h4-5,8,11,15H,6-7,9H2,1-3H3. The summed E-state index contributed by atoms with van der Waals surface area (Å²) in [5.74, 6) is -0.115. The molecule has 0 amide bonds. The first-order chi connectivity index (χ1) is 7.63. The summed E-state index contributed by atoms with van der Waals surface area (Å²) < 4.78 is 13.4. The third-order valence-electron chi connectivity index (χ3n) is 2.65. The van der Waals surface area contributed by atoms with Crippen LogP contribution in [-0.2, 0) is 6.54 Å². The zero-order valence-corrected chi connectivity index (χ0v) is 11.0. The third kappa shape index (κ3) is 4.54. The van der Waals surface area contributed by atoms with Crippen molar-refractivity contribution < 1.29 is 4.39 Å². The molecule has 1 unspecified atom stereocenters. The largest absolute Gasteiger partial charge is 0.313 e.